The molecule has 1 heterocycles. The summed E-state index contributed by atoms with van der Waals surface area (Å²) in [5, 5.41) is 13.6. The lowest BCUT2D eigenvalue weighted by atomic mass is 10.00. The molecule has 2 rings (SSSR count). The standard InChI is InChI=1S/C13H19NO3/c1-3-10(14-4-2)13(15)9-5-6-11-12(7-9)17-8-16-11/h5-7,10,13-15H,3-4,8H2,1-2H3. The molecule has 0 saturated carbocycles. The largest absolute Gasteiger partial charge is 0.454 e. The van der Waals surface area contributed by atoms with Gasteiger partial charge in [-0.2, -0.15) is 0 Å². The minimum Gasteiger partial charge on any atom is -0.454 e. The van der Waals surface area contributed by atoms with E-state index in [2.05, 4.69) is 12.2 Å². The second-order valence-electron chi connectivity index (χ2n) is 4.13. The smallest absolute Gasteiger partial charge is 0.231 e. The zero-order chi connectivity index (χ0) is 12.3. The summed E-state index contributed by atoms with van der Waals surface area (Å²) in [6.07, 6.45) is 0.359. The van der Waals surface area contributed by atoms with Crippen LogP contribution in [0.5, 0.6) is 11.5 Å². The van der Waals surface area contributed by atoms with Gasteiger partial charge < -0.3 is 19.9 Å². The first-order chi connectivity index (χ1) is 8.26. The lowest BCUT2D eigenvalue weighted by Crippen LogP contribution is -2.34. The Labute approximate surface area is 102 Å². The van der Waals surface area contributed by atoms with Crippen molar-refractivity contribution in [2.75, 3.05) is 13.3 Å². The van der Waals surface area contributed by atoms with E-state index in [4.69, 9.17) is 9.47 Å². The molecule has 1 aromatic carbocycles. The molecule has 0 aromatic heterocycles. The molecule has 4 nitrogen and oxygen atoms in total. The van der Waals surface area contributed by atoms with Gasteiger partial charge in [-0.3, -0.25) is 0 Å². The lowest BCUT2D eigenvalue weighted by Gasteiger charge is -2.22. The zero-order valence-electron chi connectivity index (χ0n) is 10.3. The monoisotopic (exact) mass is 237 g/mol. The molecule has 1 aliphatic heterocycles. The number of aliphatic hydroxyl groups excluding tert-OH is 1. The second kappa shape index (κ2) is 5.38. The van der Waals surface area contributed by atoms with Gasteiger partial charge in [-0.05, 0) is 30.7 Å². The molecule has 0 spiro atoms. The van der Waals surface area contributed by atoms with E-state index in [9.17, 15) is 5.11 Å². The van der Waals surface area contributed by atoms with E-state index >= 15 is 0 Å². The summed E-state index contributed by atoms with van der Waals surface area (Å²) < 4.78 is 10.6. The summed E-state index contributed by atoms with van der Waals surface area (Å²) in [6, 6.07) is 5.66. The summed E-state index contributed by atoms with van der Waals surface area (Å²) in [5.41, 5.74) is 0.863. The number of hydrogen-bond donors (Lipinski definition) is 2. The van der Waals surface area contributed by atoms with Crippen LogP contribution in [0.2, 0.25) is 0 Å². The highest BCUT2D eigenvalue weighted by Crippen LogP contribution is 2.34. The minimum atomic E-state index is -0.519. The molecule has 0 fully saturated rings. The topological polar surface area (TPSA) is 50.7 Å². The number of benzene rings is 1. The van der Waals surface area contributed by atoms with Gasteiger partial charge in [0.1, 0.15) is 0 Å². The van der Waals surface area contributed by atoms with Crippen molar-refractivity contribution < 1.29 is 14.6 Å². The Morgan fingerprint density at radius 2 is 2.06 bits per heavy atom. The van der Waals surface area contributed by atoms with Crippen molar-refractivity contribution >= 4 is 0 Å². The number of ether oxygens (including phenoxy) is 2. The molecule has 2 unspecified atom stereocenters. The van der Waals surface area contributed by atoms with E-state index in [0.29, 0.717) is 5.75 Å². The van der Waals surface area contributed by atoms with Gasteiger partial charge in [-0.1, -0.05) is 19.9 Å². The molecule has 0 saturated heterocycles. The number of fused-ring (bicyclic) bond motifs is 1. The van der Waals surface area contributed by atoms with Gasteiger partial charge in [-0.15, -0.1) is 0 Å². The molecule has 17 heavy (non-hydrogen) atoms. The maximum atomic E-state index is 10.3. The van der Waals surface area contributed by atoms with Crippen molar-refractivity contribution in [3.63, 3.8) is 0 Å². The van der Waals surface area contributed by atoms with Gasteiger partial charge in [0.25, 0.3) is 0 Å². The van der Waals surface area contributed by atoms with Crippen LogP contribution < -0.4 is 14.8 Å². The number of likely N-dealkylation sites (N-methyl/N-ethyl adjacent to an activating group) is 1. The van der Waals surface area contributed by atoms with Crippen LogP contribution in [-0.4, -0.2) is 24.5 Å². The van der Waals surface area contributed by atoms with Crippen molar-refractivity contribution in [2.24, 2.45) is 0 Å². The average molecular weight is 237 g/mol. The molecular formula is C13H19NO3. The molecule has 2 N–H and O–H groups in total. The lowest BCUT2D eigenvalue weighted by molar-refractivity contribution is 0.126. The molecule has 0 amide bonds. The summed E-state index contributed by atoms with van der Waals surface area (Å²) in [4.78, 5) is 0. The van der Waals surface area contributed by atoms with E-state index in [1.807, 2.05) is 25.1 Å². The fourth-order valence-corrected chi connectivity index (χ4v) is 2.07. The highest BCUT2D eigenvalue weighted by atomic mass is 16.7. The van der Waals surface area contributed by atoms with Crippen LogP contribution in [0.3, 0.4) is 0 Å². The third kappa shape index (κ3) is 2.53. The molecule has 1 aromatic rings. The molecule has 0 bridgehead atoms. The Balaban J connectivity index is 2.15. The van der Waals surface area contributed by atoms with Crippen LogP contribution in [0.4, 0.5) is 0 Å². The Morgan fingerprint density at radius 1 is 1.29 bits per heavy atom. The molecular weight excluding hydrogens is 218 g/mol. The predicted octanol–water partition coefficient (Wildman–Crippen LogP) is 1.84. The Kier molecular flexibility index (Phi) is 3.86. The van der Waals surface area contributed by atoms with E-state index < -0.39 is 6.10 Å². The summed E-state index contributed by atoms with van der Waals surface area (Å²) in [7, 11) is 0. The maximum Gasteiger partial charge on any atom is 0.231 e. The summed E-state index contributed by atoms with van der Waals surface area (Å²) >= 11 is 0. The Hall–Kier alpha value is -1.26. The molecule has 0 aliphatic carbocycles. The van der Waals surface area contributed by atoms with E-state index in [0.717, 1.165) is 24.3 Å². The first-order valence-electron chi connectivity index (χ1n) is 6.07. The average Bonchev–Trinajstić information content (AvgIpc) is 2.82. The van der Waals surface area contributed by atoms with Crippen molar-refractivity contribution in [3.8, 4) is 11.5 Å². The van der Waals surface area contributed by atoms with Crippen molar-refractivity contribution in [1.82, 2.24) is 5.32 Å². The number of rotatable bonds is 5. The number of hydrogen-bond acceptors (Lipinski definition) is 4. The number of nitrogens with one attached hydrogen (secondary N) is 1. The molecule has 0 radical (unpaired) electrons. The SMILES string of the molecule is CCNC(CC)C(O)c1ccc2c(c1)OCO2. The van der Waals surface area contributed by atoms with Gasteiger partial charge in [0.2, 0.25) is 6.79 Å². The van der Waals surface area contributed by atoms with Crippen LogP contribution in [0.1, 0.15) is 31.9 Å². The molecule has 2 atom stereocenters. The molecule has 4 heteroatoms. The highest BCUT2D eigenvalue weighted by Gasteiger charge is 2.21. The van der Waals surface area contributed by atoms with E-state index in [1.165, 1.54) is 0 Å². The normalized spacial score (nSPS) is 16.9. The second-order valence-corrected chi connectivity index (χ2v) is 4.13. The first kappa shape index (κ1) is 12.2. The van der Waals surface area contributed by atoms with Gasteiger partial charge in [-0.25, -0.2) is 0 Å². The van der Waals surface area contributed by atoms with Crippen molar-refractivity contribution in [2.45, 2.75) is 32.4 Å². The van der Waals surface area contributed by atoms with Crippen LogP contribution in [0.15, 0.2) is 18.2 Å². The van der Waals surface area contributed by atoms with Crippen molar-refractivity contribution in [3.05, 3.63) is 23.8 Å². The quantitative estimate of drug-likeness (QED) is 0.820. The van der Waals surface area contributed by atoms with Crippen LogP contribution in [0, 0.1) is 0 Å². The van der Waals surface area contributed by atoms with Gasteiger partial charge in [0.05, 0.1) is 6.10 Å². The van der Waals surface area contributed by atoms with Crippen LogP contribution in [-0.2, 0) is 0 Å². The van der Waals surface area contributed by atoms with Gasteiger partial charge in [0, 0.05) is 6.04 Å². The molecule has 94 valence electrons. The van der Waals surface area contributed by atoms with Crippen molar-refractivity contribution in [1.29, 1.82) is 0 Å². The van der Waals surface area contributed by atoms with E-state index in [-0.39, 0.29) is 12.8 Å². The summed E-state index contributed by atoms with van der Waals surface area (Å²) in [5.74, 6) is 1.46. The fourth-order valence-electron chi connectivity index (χ4n) is 2.07. The Bertz CT molecular complexity index is 381. The fraction of sp³-hybridized carbons (Fsp3) is 0.538. The van der Waals surface area contributed by atoms with Crippen LogP contribution in [0.25, 0.3) is 0 Å². The third-order valence-corrected chi connectivity index (χ3v) is 3.03. The Morgan fingerprint density at radius 3 is 2.76 bits per heavy atom. The third-order valence-electron chi connectivity index (χ3n) is 3.03. The first-order valence-corrected chi connectivity index (χ1v) is 6.07. The maximum absolute atomic E-state index is 10.3. The highest BCUT2D eigenvalue weighted by molar-refractivity contribution is 5.45. The van der Waals surface area contributed by atoms with Crippen LogP contribution >= 0.6 is 0 Å². The summed E-state index contributed by atoms with van der Waals surface area (Å²) in [6.45, 7) is 5.21. The predicted molar refractivity (Wildman–Crippen MR) is 65.3 cm³/mol. The van der Waals surface area contributed by atoms with Gasteiger partial charge >= 0.3 is 0 Å². The van der Waals surface area contributed by atoms with E-state index in [1.54, 1.807) is 0 Å². The number of aliphatic hydroxyl groups is 1. The van der Waals surface area contributed by atoms with Gasteiger partial charge in [0.15, 0.2) is 11.5 Å². The molecule has 1 aliphatic rings. The minimum absolute atomic E-state index is 0.0698. The zero-order valence-corrected chi connectivity index (χ0v) is 10.3.